The molecule has 3 nitrogen and oxygen atoms in total. The maximum atomic E-state index is 13.7. The lowest BCUT2D eigenvalue weighted by atomic mass is 10.2. The van der Waals surface area contributed by atoms with Crippen molar-refractivity contribution in [3.63, 3.8) is 0 Å². The molecule has 0 aliphatic heterocycles. The third-order valence-electron chi connectivity index (χ3n) is 2.81. The minimum absolute atomic E-state index is 0.0164. The fraction of sp³-hybridized carbons (Fsp3) is 0.188. The first-order chi connectivity index (χ1) is 10.2. The maximum absolute atomic E-state index is 13.7. The molecule has 0 amide bonds. The average molecular weight is 306 g/mol. The first-order valence-corrected chi connectivity index (χ1v) is 6.76. The van der Waals surface area contributed by atoms with Gasteiger partial charge in [0.25, 0.3) is 0 Å². The SMILES string of the molecule is CCOc1cc(C#N)ccc1OCc1c(F)cccc1Cl. The molecule has 0 N–H and O–H groups in total. The third kappa shape index (κ3) is 3.65. The predicted octanol–water partition coefficient (Wildman–Crippen LogP) is 4.33. The first kappa shape index (κ1) is 15.1. The molecule has 2 aromatic carbocycles. The second-order valence-corrected chi connectivity index (χ2v) is 4.60. The van der Waals surface area contributed by atoms with Crippen LogP contribution in [-0.4, -0.2) is 6.61 Å². The molecule has 0 unspecified atom stereocenters. The third-order valence-corrected chi connectivity index (χ3v) is 3.16. The van der Waals surface area contributed by atoms with Gasteiger partial charge in [-0.25, -0.2) is 4.39 Å². The fourth-order valence-electron chi connectivity index (χ4n) is 1.79. The molecule has 21 heavy (non-hydrogen) atoms. The van der Waals surface area contributed by atoms with Crippen LogP contribution in [0.1, 0.15) is 18.1 Å². The molecule has 5 heteroatoms. The lowest BCUT2D eigenvalue weighted by Crippen LogP contribution is -2.02. The van der Waals surface area contributed by atoms with Gasteiger partial charge in [-0.05, 0) is 31.2 Å². The summed E-state index contributed by atoms with van der Waals surface area (Å²) in [6.45, 7) is 2.25. The van der Waals surface area contributed by atoms with Crippen LogP contribution in [0, 0.1) is 17.1 Å². The number of ether oxygens (including phenoxy) is 2. The summed E-state index contributed by atoms with van der Waals surface area (Å²) < 4.78 is 24.7. The minimum atomic E-state index is -0.422. The zero-order valence-corrected chi connectivity index (χ0v) is 12.2. The van der Waals surface area contributed by atoms with Crippen molar-refractivity contribution in [2.75, 3.05) is 6.61 Å². The molecule has 0 aliphatic carbocycles. The summed E-state index contributed by atoms with van der Waals surface area (Å²) in [7, 11) is 0. The number of benzene rings is 2. The van der Waals surface area contributed by atoms with E-state index in [0.29, 0.717) is 28.7 Å². The van der Waals surface area contributed by atoms with Crippen molar-refractivity contribution in [3.05, 3.63) is 58.4 Å². The quantitative estimate of drug-likeness (QED) is 0.825. The maximum Gasteiger partial charge on any atom is 0.162 e. The molecule has 0 bridgehead atoms. The molecule has 0 aromatic heterocycles. The number of nitrogens with zero attached hydrogens (tertiary/aromatic N) is 1. The summed E-state index contributed by atoms with van der Waals surface area (Å²) >= 11 is 5.95. The van der Waals surface area contributed by atoms with E-state index in [1.165, 1.54) is 12.1 Å². The van der Waals surface area contributed by atoms with Crippen molar-refractivity contribution in [3.8, 4) is 17.6 Å². The highest BCUT2D eigenvalue weighted by molar-refractivity contribution is 6.31. The van der Waals surface area contributed by atoms with Gasteiger partial charge >= 0.3 is 0 Å². The molecule has 2 aromatic rings. The van der Waals surface area contributed by atoms with Crippen molar-refractivity contribution in [1.82, 2.24) is 0 Å². The van der Waals surface area contributed by atoms with Crippen LogP contribution < -0.4 is 9.47 Å². The smallest absolute Gasteiger partial charge is 0.162 e. The van der Waals surface area contributed by atoms with Crippen molar-refractivity contribution < 1.29 is 13.9 Å². The van der Waals surface area contributed by atoms with E-state index in [0.717, 1.165) is 0 Å². The molecule has 0 spiro atoms. The summed E-state index contributed by atoms with van der Waals surface area (Å²) in [5.74, 6) is 0.466. The number of hydrogen-bond acceptors (Lipinski definition) is 3. The molecule has 0 saturated heterocycles. The Kier molecular flexibility index (Phi) is 5.02. The standard InChI is InChI=1S/C16H13ClFNO2/c1-2-20-16-8-11(9-19)6-7-15(16)21-10-12-13(17)4-3-5-14(12)18/h3-8H,2,10H2,1H3. The van der Waals surface area contributed by atoms with E-state index in [-0.39, 0.29) is 12.2 Å². The van der Waals surface area contributed by atoms with E-state index < -0.39 is 5.82 Å². The Morgan fingerprint density at radius 1 is 1.19 bits per heavy atom. The largest absolute Gasteiger partial charge is 0.490 e. The fourth-order valence-corrected chi connectivity index (χ4v) is 2.00. The van der Waals surface area contributed by atoms with Gasteiger partial charge in [-0.15, -0.1) is 0 Å². The molecule has 2 rings (SSSR count). The highest BCUT2D eigenvalue weighted by Crippen LogP contribution is 2.30. The average Bonchev–Trinajstić information content (AvgIpc) is 2.48. The second kappa shape index (κ2) is 6.96. The lowest BCUT2D eigenvalue weighted by Gasteiger charge is -2.13. The van der Waals surface area contributed by atoms with Crippen molar-refractivity contribution in [2.24, 2.45) is 0 Å². The topological polar surface area (TPSA) is 42.2 Å². The highest BCUT2D eigenvalue weighted by Gasteiger charge is 2.11. The Bertz CT molecular complexity index is 662. The van der Waals surface area contributed by atoms with Gasteiger partial charge < -0.3 is 9.47 Å². The van der Waals surface area contributed by atoms with E-state index in [4.69, 9.17) is 26.3 Å². The van der Waals surface area contributed by atoms with Gasteiger partial charge in [0.2, 0.25) is 0 Å². The number of halogens is 2. The van der Waals surface area contributed by atoms with Gasteiger partial charge in [0.1, 0.15) is 12.4 Å². The molecule has 0 aliphatic rings. The number of hydrogen-bond donors (Lipinski definition) is 0. The molecule has 0 atom stereocenters. The Morgan fingerprint density at radius 2 is 2.00 bits per heavy atom. The summed E-state index contributed by atoms with van der Waals surface area (Å²) in [5, 5.41) is 9.20. The number of rotatable bonds is 5. The summed E-state index contributed by atoms with van der Waals surface area (Å²) in [6.07, 6.45) is 0. The molecular weight excluding hydrogens is 293 g/mol. The van der Waals surface area contributed by atoms with Crippen molar-refractivity contribution in [2.45, 2.75) is 13.5 Å². The van der Waals surface area contributed by atoms with E-state index in [1.54, 1.807) is 24.3 Å². The molecular formula is C16H13ClFNO2. The first-order valence-electron chi connectivity index (χ1n) is 6.38. The summed E-state index contributed by atoms with van der Waals surface area (Å²) in [4.78, 5) is 0. The monoisotopic (exact) mass is 305 g/mol. The zero-order chi connectivity index (χ0) is 15.2. The van der Waals surface area contributed by atoms with E-state index in [2.05, 4.69) is 0 Å². The van der Waals surface area contributed by atoms with Crippen LogP contribution in [0.5, 0.6) is 11.5 Å². The van der Waals surface area contributed by atoms with Crippen LogP contribution in [-0.2, 0) is 6.61 Å². The van der Waals surface area contributed by atoms with Gasteiger partial charge in [0.15, 0.2) is 11.5 Å². The highest BCUT2D eigenvalue weighted by atomic mass is 35.5. The normalized spacial score (nSPS) is 10.0. The van der Waals surface area contributed by atoms with Crippen molar-refractivity contribution >= 4 is 11.6 Å². The van der Waals surface area contributed by atoms with Crippen LogP contribution >= 0.6 is 11.6 Å². The van der Waals surface area contributed by atoms with E-state index >= 15 is 0 Å². The van der Waals surface area contributed by atoms with Gasteiger partial charge in [0, 0.05) is 11.6 Å². The zero-order valence-electron chi connectivity index (χ0n) is 11.4. The van der Waals surface area contributed by atoms with Crippen LogP contribution in [0.15, 0.2) is 36.4 Å². The van der Waals surface area contributed by atoms with Crippen LogP contribution in [0.4, 0.5) is 4.39 Å². The molecule has 0 heterocycles. The predicted molar refractivity (Wildman–Crippen MR) is 78.1 cm³/mol. The van der Waals surface area contributed by atoms with Crippen molar-refractivity contribution in [1.29, 1.82) is 5.26 Å². The van der Waals surface area contributed by atoms with E-state index in [9.17, 15) is 4.39 Å². The molecule has 0 saturated carbocycles. The Hall–Kier alpha value is -2.25. The minimum Gasteiger partial charge on any atom is -0.490 e. The molecule has 0 fully saturated rings. The van der Waals surface area contributed by atoms with Gasteiger partial charge in [-0.1, -0.05) is 17.7 Å². The summed E-state index contributed by atoms with van der Waals surface area (Å²) in [5.41, 5.74) is 0.751. The van der Waals surface area contributed by atoms with E-state index in [1.807, 2.05) is 13.0 Å². The Balaban J connectivity index is 2.22. The van der Waals surface area contributed by atoms with Crippen LogP contribution in [0.2, 0.25) is 5.02 Å². The van der Waals surface area contributed by atoms with Crippen LogP contribution in [0.25, 0.3) is 0 Å². The van der Waals surface area contributed by atoms with Gasteiger partial charge in [0.05, 0.1) is 23.3 Å². The second-order valence-electron chi connectivity index (χ2n) is 4.20. The molecule has 0 radical (unpaired) electrons. The van der Waals surface area contributed by atoms with Crippen LogP contribution in [0.3, 0.4) is 0 Å². The Morgan fingerprint density at radius 3 is 2.67 bits per heavy atom. The number of nitriles is 1. The van der Waals surface area contributed by atoms with Gasteiger partial charge in [-0.2, -0.15) is 5.26 Å². The lowest BCUT2D eigenvalue weighted by molar-refractivity contribution is 0.266. The van der Waals surface area contributed by atoms with Gasteiger partial charge in [-0.3, -0.25) is 0 Å². The Labute approximate surface area is 127 Å². The summed E-state index contributed by atoms with van der Waals surface area (Å²) in [6, 6.07) is 11.3. The molecule has 108 valence electrons.